The van der Waals surface area contributed by atoms with Gasteiger partial charge in [0.25, 0.3) is 0 Å². The molecule has 4 rings (SSSR count). The average molecular weight is 419 g/mol. The maximum Gasteiger partial charge on any atom is 0.303 e. The number of carbonyl (C=O) groups excluding carboxylic acids is 3. The molecule has 164 valence electrons. The number of fused-ring (bicyclic) bond motifs is 5. The van der Waals surface area contributed by atoms with Gasteiger partial charge in [-0.3, -0.25) is 14.4 Å². The van der Waals surface area contributed by atoms with Crippen molar-refractivity contribution < 1.29 is 28.6 Å². The lowest BCUT2D eigenvalue weighted by Gasteiger charge is -2.55. The molecule has 4 aliphatic carbocycles. The van der Waals surface area contributed by atoms with Gasteiger partial charge in [-0.2, -0.15) is 0 Å². The van der Waals surface area contributed by atoms with Crippen LogP contribution in [0, 0.1) is 28.6 Å². The second-order valence-corrected chi connectivity index (χ2v) is 10.1. The highest BCUT2D eigenvalue weighted by atomic mass is 19.1. The Labute approximate surface area is 176 Å². The largest absolute Gasteiger partial charge is 0.450 e. The maximum absolute atomic E-state index is 15.4. The lowest BCUT2D eigenvalue weighted by molar-refractivity contribution is -0.188. The molecule has 30 heavy (non-hydrogen) atoms. The van der Waals surface area contributed by atoms with E-state index in [4.69, 9.17) is 4.74 Å². The summed E-state index contributed by atoms with van der Waals surface area (Å²) in [6, 6.07) is 0. The van der Waals surface area contributed by atoms with Crippen LogP contribution in [-0.4, -0.2) is 41.0 Å². The number of ether oxygens (including phenoxy) is 1. The van der Waals surface area contributed by atoms with Crippen LogP contribution < -0.4 is 0 Å². The molecule has 6 heteroatoms. The summed E-state index contributed by atoms with van der Waals surface area (Å²) in [5.74, 6) is -1.44. The molecule has 5 nitrogen and oxygen atoms in total. The summed E-state index contributed by atoms with van der Waals surface area (Å²) >= 11 is 0. The second kappa shape index (κ2) is 6.84. The van der Waals surface area contributed by atoms with Gasteiger partial charge in [-0.05, 0) is 49.2 Å². The Morgan fingerprint density at radius 1 is 1.27 bits per heavy atom. The molecule has 0 spiro atoms. The third kappa shape index (κ3) is 2.58. The van der Waals surface area contributed by atoms with Gasteiger partial charge in [0.05, 0.1) is 0 Å². The molecule has 0 radical (unpaired) electrons. The molecule has 7 atom stereocenters. The number of aliphatic hydroxyl groups excluding tert-OH is 1. The van der Waals surface area contributed by atoms with Gasteiger partial charge in [-0.15, -0.1) is 0 Å². The third-order valence-electron chi connectivity index (χ3n) is 8.72. The van der Waals surface area contributed by atoms with Crippen molar-refractivity contribution in [1.29, 1.82) is 0 Å². The summed E-state index contributed by atoms with van der Waals surface area (Å²) in [5, 5.41) is 9.73. The fourth-order valence-corrected chi connectivity index (χ4v) is 7.40. The topological polar surface area (TPSA) is 80.7 Å². The highest BCUT2D eigenvalue weighted by Gasteiger charge is 2.70. The predicted octanol–water partition coefficient (Wildman–Crippen LogP) is 3.50. The normalized spacial score (nSPS) is 44.9. The Balaban J connectivity index is 1.84. The van der Waals surface area contributed by atoms with Crippen LogP contribution >= 0.6 is 0 Å². The zero-order valence-corrected chi connectivity index (χ0v) is 18.2. The number of hydrogen-bond donors (Lipinski definition) is 1. The van der Waals surface area contributed by atoms with Crippen LogP contribution in [0.3, 0.4) is 0 Å². The summed E-state index contributed by atoms with van der Waals surface area (Å²) in [6.07, 6.45) is 4.85. The van der Waals surface area contributed by atoms with Crippen molar-refractivity contribution in [3.05, 3.63) is 23.3 Å². The first-order chi connectivity index (χ1) is 14.0. The Morgan fingerprint density at radius 2 is 1.97 bits per heavy atom. The maximum atomic E-state index is 15.4. The number of aliphatic hydroxyl groups is 1. The monoisotopic (exact) mass is 418 g/mol. The Bertz CT molecular complexity index is 875. The number of allylic oxidation sites excluding steroid dienone is 4. The number of hydrogen-bond acceptors (Lipinski definition) is 5. The minimum atomic E-state index is -1.41. The zero-order chi connectivity index (χ0) is 22.1. The van der Waals surface area contributed by atoms with Gasteiger partial charge in [-0.25, -0.2) is 4.39 Å². The van der Waals surface area contributed by atoms with Crippen molar-refractivity contribution in [3.63, 3.8) is 0 Å². The van der Waals surface area contributed by atoms with Gasteiger partial charge in [0.2, 0.25) is 5.78 Å². The number of halogens is 1. The van der Waals surface area contributed by atoms with E-state index in [2.05, 4.69) is 6.08 Å². The number of carbonyl (C=O) groups is 3. The summed E-state index contributed by atoms with van der Waals surface area (Å²) in [4.78, 5) is 37.0. The molecule has 0 bridgehead atoms. The molecule has 2 saturated carbocycles. The molecule has 0 aromatic heterocycles. The molecule has 0 aliphatic heterocycles. The van der Waals surface area contributed by atoms with Crippen LogP contribution in [0.25, 0.3) is 0 Å². The minimum Gasteiger partial charge on any atom is -0.450 e. The predicted molar refractivity (Wildman–Crippen MR) is 108 cm³/mol. The molecular formula is C24H31FO5. The van der Waals surface area contributed by atoms with E-state index in [1.165, 1.54) is 18.6 Å². The second-order valence-electron chi connectivity index (χ2n) is 10.1. The van der Waals surface area contributed by atoms with Crippen molar-refractivity contribution in [2.45, 2.75) is 71.6 Å². The van der Waals surface area contributed by atoms with Gasteiger partial charge < -0.3 is 9.84 Å². The standard InChI is InChI=1S/C24H31FO5/c1-13-9-18-16-11-20(25)19-10-15(28)5-7-22(19,3)17(16)6-8-23(18,4)24(13,21(29)12-26)30-14(2)27/h6,10,13,16,18,20,26H,5,7-9,11-12H2,1-4H3/t13-,16-,18-,20+,22+,23+,24+/m1/s1. The Hall–Kier alpha value is -1.82. The zero-order valence-electron chi connectivity index (χ0n) is 18.2. The van der Waals surface area contributed by atoms with Gasteiger partial charge in [0.15, 0.2) is 11.4 Å². The molecule has 0 saturated heterocycles. The van der Waals surface area contributed by atoms with E-state index < -0.39 is 41.0 Å². The number of esters is 1. The van der Waals surface area contributed by atoms with Gasteiger partial charge in [0.1, 0.15) is 12.8 Å². The lowest BCUT2D eigenvalue weighted by Crippen LogP contribution is -2.60. The van der Waals surface area contributed by atoms with Crippen molar-refractivity contribution in [2.75, 3.05) is 6.61 Å². The van der Waals surface area contributed by atoms with E-state index in [9.17, 15) is 19.5 Å². The SMILES string of the molecule is CC(=O)O[C@]1(C(=O)CO)[C@H](C)C[C@@H]2[C@@H]3C[C@H](F)C4=CC(=O)CC[C@@]4(C)C3=CC[C@@]21C. The van der Waals surface area contributed by atoms with Crippen LogP contribution in [-0.2, 0) is 19.1 Å². The average Bonchev–Trinajstić information content (AvgIpc) is 2.90. The lowest BCUT2D eigenvalue weighted by atomic mass is 9.50. The molecule has 2 fully saturated rings. The van der Waals surface area contributed by atoms with Crippen LogP contribution in [0.15, 0.2) is 23.3 Å². The summed E-state index contributed by atoms with van der Waals surface area (Å²) in [6.45, 7) is 6.47. The van der Waals surface area contributed by atoms with Gasteiger partial charge in [-0.1, -0.05) is 32.4 Å². The summed E-state index contributed by atoms with van der Waals surface area (Å²) in [7, 11) is 0. The van der Waals surface area contributed by atoms with E-state index >= 15 is 4.39 Å². The van der Waals surface area contributed by atoms with E-state index in [0.717, 1.165) is 0 Å². The molecule has 0 unspecified atom stereocenters. The van der Waals surface area contributed by atoms with Gasteiger partial charge in [0, 0.05) is 30.1 Å². The Morgan fingerprint density at radius 3 is 2.60 bits per heavy atom. The Kier molecular flexibility index (Phi) is 4.88. The molecule has 0 aromatic carbocycles. The smallest absolute Gasteiger partial charge is 0.303 e. The quantitative estimate of drug-likeness (QED) is 0.561. The highest BCUT2D eigenvalue weighted by molar-refractivity contribution is 5.93. The van der Waals surface area contributed by atoms with Crippen molar-refractivity contribution >= 4 is 17.5 Å². The van der Waals surface area contributed by atoms with Crippen molar-refractivity contribution in [3.8, 4) is 0 Å². The summed E-state index contributed by atoms with van der Waals surface area (Å²) < 4.78 is 21.1. The molecule has 4 aliphatic rings. The number of ketones is 2. The first kappa shape index (κ1) is 21.4. The molecule has 0 amide bonds. The van der Waals surface area contributed by atoms with Crippen LogP contribution in [0.2, 0.25) is 0 Å². The number of rotatable bonds is 3. The van der Waals surface area contributed by atoms with Crippen molar-refractivity contribution in [2.24, 2.45) is 28.6 Å². The fourth-order valence-electron chi connectivity index (χ4n) is 7.40. The molecular weight excluding hydrogens is 387 g/mol. The van der Waals surface area contributed by atoms with Crippen LogP contribution in [0.5, 0.6) is 0 Å². The fraction of sp³-hybridized carbons (Fsp3) is 0.708. The van der Waals surface area contributed by atoms with E-state index in [1.54, 1.807) is 0 Å². The summed E-state index contributed by atoms with van der Waals surface area (Å²) in [5.41, 5.74) is -0.845. The first-order valence-electron chi connectivity index (χ1n) is 10.9. The number of Topliss-reactive ketones (excluding diaryl/α,β-unsaturated/α-hetero) is 1. The van der Waals surface area contributed by atoms with Gasteiger partial charge >= 0.3 is 5.97 Å². The van der Waals surface area contributed by atoms with Crippen molar-refractivity contribution in [1.82, 2.24) is 0 Å². The van der Waals surface area contributed by atoms with E-state index in [-0.39, 0.29) is 30.0 Å². The first-order valence-corrected chi connectivity index (χ1v) is 10.9. The molecule has 0 aromatic rings. The van der Waals surface area contributed by atoms with Crippen LogP contribution in [0.1, 0.15) is 59.8 Å². The van der Waals surface area contributed by atoms with E-state index in [1.807, 2.05) is 20.8 Å². The number of alkyl halides is 1. The van der Waals surface area contributed by atoms with Crippen LogP contribution in [0.4, 0.5) is 4.39 Å². The van der Waals surface area contributed by atoms with E-state index in [0.29, 0.717) is 31.3 Å². The molecule has 1 N–H and O–H groups in total. The highest BCUT2D eigenvalue weighted by Crippen LogP contribution is 2.68. The molecule has 0 heterocycles. The third-order valence-corrected chi connectivity index (χ3v) is 8.72. The minimum absolute atomic E-state index is 0.0123.